The van der Waals surface area contributed by atoms with E-state index in [1.165, 1.54) is 57.8 Å². The number of rotatable bonds is 16. The maximum atomic E-state index is 8.00. The molecule has 7 nitrogen and oxygen atoms in total. The van der Waals surface area contributed by atoms with Gasteiger partial charge in [-0.1, -0.05) is 71.3 Å². The van der Waals surface area contributed by atoms with E-state index in [1.54, 1.807) is 0 Å². The summed E-state index contributed by atoms with van der Waals surface area (Å²) in [6, 6.07) is 0. The smallest absolute Gasteiger partial charge is 0.693 e. The van der Waals surface area contributed by atoms with E-state index in [-0.39, 0.29) is 12.3 Å². The van der Waals surface area contributed by atoms with Crippen LogP contribution in [0.25, 0.3) is 12.3 Å². The fourth-order valence-corrected chi connectivity index (χ4v) is 2.14. The Kier molecular flexibility index (Phi) is 57.2. The predicted octanol–water partition coefficient (Wildman–Crippen LogP) is 9.43. The Balaban J connectivity index is -0.000000194. The van der Waals surface area contributed by atoms with Crippen LogP contribution in [0.2, 0.25) is 0 Å². The number of unbranched alkanes of at least 4 members (excludes halogenated alkanes) is 10. The number of hydrogen-bond donors (Lipinski definition) is 0. The van der Waals surface area contributed by atoms with Crippen molar-refractivity contribution in [2.45, 2.75) is 90.4 Å². The molecule has 0 heterocycles. The molecular weight excluding hydrogens is 588 g/mol. The Bertz CT molecular complexity index is 283. The van der Waals surface area contributed by atoms with Gasteiger partial charge in [-0.2, -0.15) is 11.3 Å². The molecule has 0 unspecified atom stereocenters. The molecule has 0 radical (unpaired) electrons. The van der Waals surface area contributed by atoms with Crippen LogP contribution in [-0.2, 0) is 26.3 Å². The fourth-order valence-electron chi connectivity index (χ4n) is 2.14. The molecule has 0 aliphatic carbocycles. The van der Waals surface area contributed by atoms with E-state index >= 15 is 0 Å². The van der Waals surface area contributed by atoms with Crippen molar-refractivity contribution in [2.24, 2.45) is 5.34 Å². The number of allylic oxidation sites excluding steroid dienone is 1. The molecule has 0 saturated carbocycles. The van der Waals surface area contributed by atoms with Gasteiger partial charge >= 0.3 is 35.3 Å². The summed E-state index contributed by atoms with van der Waals surface area (Å²) in [6.07, 6.45) is 15.8. The van der Waals surface area contributed by atoms with E-state index in [4.69, 9.17) is 38.7 Å². The van der Waals surface area contributed by atoms with Crippen molar-refractivity contribution in [1.82, 2.24) is 0 Å². The minimum atomic E-state index is -0.472. The average molecular weight is 628 g/mol. The Labute approximate surface area is 188 Å². The summed E-state index contributed by atoms with van der Waals surface area (Å²) in [5, 5.41) is 9.00. The summed E-state index contributed by atoms with van der Waals surface area (Å²) in [7, 11) is 9.75. The van der Waals surface area contributed by atoms with E-state index < -0.39 is 16.5 Å². The molecule has 0 aromatic heterocycles. The maximum absolute atomic E-state index is 8.00. The minimum Gasteiger partial charge on any atom is -0.693 e. The molecule has 0 aromatic carbocycles. The molecule has 0 rings (SSSR count). The van der Waals surface area contributed by atoms with Crippen LogP contribution in [0, 0.1) is 17.0 Å². The van der Waals surface area contributed by atoms with Gasteiger partial charge in [0, 0.05) is 6.42 Å². The van der Waals surface area contributed by atoms with E-state index in [9.17, 15) is 0 Å². The van der Waals surface area contributed by atoms with Gasteiger partial charge in [-0.25, -0.2) is 0 Å². The molecule has 0 fully saturated rings. The van der Waals surface area contributed by atoms with Crippen molar-refractivity contribution in [3.63, 3.8) is 0 Å². The third kappa shape index (κ3) is 50.2. The van der Waals surface area contributed by atoms with Crippen molar-refractivity contribution in [3.05, 3.63) is 41.7 Å². The molecule has 0 aliphatic heterocycles. The molecule has 0 spiro atoms. The summed E-state index contributed by atoms with van der Waals surface area (Å²) in [5.41, 5.74) is 0. The second-order valence-electron chi connectivity index (χ2n) is 5.70. The normalized spacial score (nSPS) is 8.86. The van der Waals surface area contributed by atoms with Gasteiger partial charge in [-0.05, 0) is 12.8 Å². The molecule has 28 heavy (non-hydrogen) atoms. The van der Waals surface area contributed by atoms with Crippen LogP contribution in [-0.4, -0.2) is 6.61 Å². The predicted molar refractivity (Wildman–Crippen MR) is 119 cm³/mol. The Morgan fingerprint density at radius 1 is 1.00 bits per heavy atom. The second kappa shape index (κ2) is 41.5. The van der Waals surface area contributed by atoms with Gasteiger partial charge in [0.15, 0.2) is 0 Å². The van der Waals surface area contributed by atoms with Crippen LogP contribution in [0.1, 0.15) is 90.4 Å². The quantitative estimate of drug-likeness (QED) is 0.0420. The zero-order valence-electron chi connectivity index (χ0n) is 17.1. The molecule has 0 bridgehead atoms. The summed E-state index contributed by atoms with van der Waals surface area (Å²) < 4.78 is 0. The topological polar surface area (TPSA) is 138 Å². The zero-order chi connectivity index (χ0) is 20.3. The summed E-state index contributed by atoms with van der Waals surface area (Å²) >= 11 is -0.472. The first-order valence-electron chi connectivity index (χ1n) is 9.18. The first-order valence-corrected chi connectivity index (χ1v) is 14.8. The van der Waals surface area contributed by atoms with Crippen LogP contribution in [0.4, 0.5) is 0 Å². The molecule has 0 aliphatic rings. The number of nitrogens with two attached hydrogens (primary N) is 2. The van der Waals surface area contributed by atoms with E-state index in [2.05, 4.69) is 20.4 Å². The maximum Gasteiger partial charge on any atom is -0.693 e. The van der Waals surface area contributed by atoms with E-state index in [0.717, 1.165) is 36.8 Å². The Hall–Kier alpha value is 0.0883. The average Bonchev–Trinajstić information content (AvgIpc) is 2.61. The van der Waals surface area contributed by atoms with Gasteiger partial charge in [-0.3, -0.25) is 0 Å². The van der Waals surface area contributed by atoms with Gasteiger partial charge in [0.25, 0.3) is 0 Å². The second-order valence-corrected chi connectivity index (χ2v) is 8.99. The molecule has 10 heteroatoms. The Morgan fingerprint density at radius 2 is 1.43 bits per heavy atom. The van der Waals surface area contributed by atoms with Gasteiger partial charge in [-0.15, -0.1) is 5.34 Å². The molecule has 0 atom stereocenters. The van der Waals surface area contributed by atoms with Crippen LogP contribution in [0.3, 0.4) is 0 Å². The van der Waals surface area contributed by atoms with Crippen molar-refractivity contribution in [2.75, 3.05) is 6.61 Å². The molecular formula is C18H39Cl2N3O4Pt-4. The van der Waals surface area contributed by atoms with Crippen molar-refractivity contribution in [1.29, 1.82) is 0 Å². The number of hydrogen-bond acceptors (Lipinski definition) is 5. The fraction of sp³-hybridized carbons (Fsp3) is 0.833. The molecule has 178 valence electrons. The Morgan fingerprint density at radius 3 is 1.93 bits per heavy atom. The van der Waals surface area contributed by atoms with Crippen LogP contribution < -0.4 is 0 Å². The van der Waals surface area contributed by atoms with Crippen LogP contribution in [0.15, 0.2) is 17.7 Å². The summed E-state index contributed by atoms with van der Waals surface area (Å²) in [4.78, 5) is 18.4. The molecule has 0 saturated heterocycles. The summed E-state index contributed by atoms with van der Waals surface area (Å²) in [6.45, 7) is 10.7. The SMILES string of the molecule is C=C(CCCCCCC[CH2-])OOCCCCCCCC.O=N[O-].[Cl][Pt][Cl].[NH2-].[NH2-]. The third-order valence-electron chi connectivity index (χ3n) is 3.46. The molecule has 4 N–H and O–H groups in total. The van der Waals surface area contributed by atoms with Gasteiger partial charge in [0.1, 0.15) is 5.76 Å². The zero-order valence-corrected chi connectivity index (χ0v) is 20.9. The number of halogens is 2. The monoisotopic (exact) mass is 626 g/mol. The van der Waals surface area contributed by atoms with Crippen LogP contribution >= 0.6 is 18.8 Å². The van der Waals surface area contributed by atoms with Crippen molar-refractivity contribution in [3.8, 4) is 0 Å². The number of nitrogens with zero attached hydrogens (tertiary/aromatic N) is 1. The third-order valence-corrected chi connectivity index (χ3v) is 3.46. The first kappa shape index (κ1) is 38.7. The molecule has 0 amide bonds. The standard InChI is InChI=1S/C18H35O2.2ClH.HNO2.2H2N.Pt/c1-4-6-8-10-12-14-16-18(3)20-19-17-15-13-11-9-7-5-2;;;2-1-3;;;/h1,3-17H2,2H3;2*1H;(H,2,3);2*1H2;/q-1;;;;2*-1;+2/p-3. The van der Waals surface area contributed by atoms with Gasteiger partial charge < -0.3 is 34.2 Å². The van der Waals surface area contributed by atoms with Gasteiger partial charge in [0.05, 0.1) is 6.61 Å². The first-order chi connectivity index (χ1) is 12.6. The largest absolute Gasteiger partial charge is 0.693 e. The van der Waals surface area contributed by atoms with Crippen molar-refractivity contribution < 1.29 is 26.3 Å². The van der Waals surface area contributed by atoms with Crippen LogP contribution in [0.5, 0.6) is 0 Å². The minimum absolute atomic E-state index is 0. The van der Waals surface area contributed by atoms with E-state index in [0.29, 0.717) is 6.61 Å². The van der Waals surface area contributed by atoms with Gasteiger partial charge in [0.2, 0.25) is 0 Å². The molecule has 0 aromatic rings. The van der Waals surface area contributed by atoms with Crippen molar-refractivity contribution >= 4 is 18.8 Å². The summed E-state index contributed by atoms with van der Waals surface area (Å²) in [5.74, 6) is 0.771. The van der Waals surface area contributed by atoms with E-state index in [1.807, 2.05) is 0 Å².